The standard InChI is InChI=1S/C17H20N2O3S/c1-11-5-7-15(12(2)18-11)19-23(20,21)14-6-8-16-13(9-14)10-17(3,4)22-16/h5-9,19H,10H2,1-4H3. The highest BCUT2D eigenvalue weighted by Crippen LogP contribution is 2.36. The lowest BCUT2D eigenvalue weighted by atomic mass is 10.0. The van der Waals surface area contributed by atoms with Crippen molar-refractivity contribution in [2.75, 3.05) is 4.72 Å². The van der Waals surface area contributed by atoms with Gasteiger partial charge in [0, 0.05) is 12.1 Å². The van der Waals surface area contributed by atoms with Gasteiger partial charge < -0.3 is 4.74 Å². The Morgan fingerprint density at radius 3 is 2.61 bits per heavy atom. The van der Waals surface area contributed by atoms with Crippen LogP contribution in [0.25, 0.3) is 0 Å². The molecule has 0 saturated heterocycles. The molecule has 0 spiro atoms. The van der Waals surface area contributed by atoms with Crippen LogP contribution in [0.3, 0.4) is 0 Å². The molecule has 0 aliphatic carbocycles. The van der Waals surface area contributed by atoms with E-state index in [1.54, 1.807) is 37.3 Å². The van der Waals surface area contributed by atoms with Crippen LogP contribution in [0.5, 0.6) is 5.75 Å². The summed E-state index contributed by atoms with van der Waals surface area (Å²) in [4.78, 5) is 4.52. The highest BCUT2D eigenvalue weighted by molar-refractivity contribution is 7.92. The Kier molecular flexibility index (Phi) is 3.59. The van der Waals surface area contributed by atoms with Crippen molar-refractivity contribution in [1.29, 1.82) is 0 Å². The van der Waals surface area contributed by atoms with Crippen molar-refractivity contribution in [2.24, 2.45) is 0 Å². The second kappa shape index (κ2) is 5.23. The van der Waals surface area contributed by atoms with Crippen LogP contribution >= 0.6 is 0 Å². The van der Waals surface area contributed by atoms with Gasteiger partial charge in [-0.15, -0.1) is 0 Å². The number of pyridine rings is 1. The number of nitrogens with one attached hydrogen (secondary N) is 1. The Morgan fingerprint density at radius 2 is 1.91 bits per heavy atom. The third-order valence-corrected chi connectivity index (χ3v) is 5.18. The van der Waals surface area contributed by atoms with Gasteiger partial charge in [-0.25, -0.2) is 8.42 Å². The summed E-state index contributed by atoms with van der Waals surface area (Å²) in [5, 5.41) is 0. The second-order valence-corrected chi connectivity index (χ2v) is 8.18. The number of sulfonamides is 1. The summed E-state index contributed by atoms with van der Waals surface area (Å²) in [6.45, 7) is 7.62. The third-order valence-electron chi connectivity index (χ3n) is 3.81. The Morgan fingerprint density at radius 1 is 1.17 bits per heavy atom. The minimum absolute atomic E-state index is 0.234. The number of aryl methyl sites for hydroxylation is 2. The van der Waals surface area contributed by atoms with E-state index < -0.39 is 10.0 Å². The third kappa shape index (κ3) is 3.17. The van der Waals surface area contributed by atoms with Crippen molar-refractivity contribution in [3.05, 3.63) is 47.3 Å². The van der Waals surface area contributed by atoms with Crippen LogP contribution in [0.15, 0.2) is 35.2 Å². The van der Waals surface area contributed by atoms with Gasteiger partial charge in [-0.2, -0.15) is 0 Å². The molecular weight excluding hydrogens is 312 g/mol. The van der Waals surface area contributed by atoms with Gasteiger partial charge in [0.2, 0.25) is 0 Å². The summed E-state index contributed by atoms with van der Waals surface area (Å²) in [5.41, 5.74) is 2.61. The summed E-state index contributed by atoms with van der Waals surface area (Å²) in [5.74, 6) is 0.752. The topological polar surface area (TPSA) is 68.3 Å². The van der Waals surface area contributed by atoms with Gasteiger partial charge >= 0.3 is 0 Å². The normalized spacial score (nSPS) is 15.8. The number of fused-ring (bicyclic) bond motifs is 1. The molecule has 3 rings (SSSR count). The van der Waals surface area contributed by atoms with E-state index in [0.717, 1.165) is 17.0 Å². The smallest absolute Gasteiger partial charge is 0.261 e. The number of rotatable bonds is 3. The lowest BCUT2D eigenvalue weighted by molar-refractivity contribution is 0.138. The van der Waals surface area contributed by atoms with E-state index in [2.05, 4.69) is 9.71 Å². The minimum atomic E-state index is -3.65. The summed E-state index contributed by atoms with van der Waals surface area (Å²) in [6, 6.07) is 8.49. The predicted molar refractivity (Wildman–Crippen MR) is 89.4 cm³/mol. The molecule has 0 amide bonds. The van der Waals surface area contributed by atoms with Gasteiger partial charge in [-0.1, -0.05) is 0 Å². The Hall–Kier alpha value is -2.08. The first-order valence-corrected chi connectivity index (χ1v) is 8.94. The number of aromatic nitrogens is 1. The largest absolute Gasteiger partial charge is 0.487 e. The van der Waals surface area contributed by atoms with Gasteiger partial charge in [0.1, 0.15) is 11.4 Å². The highest BCUT2D eigenvalue weighted by Gasteiger charge is 2.31. The summed E-state index contributed by atoms with van der Waals surface area (Å²) in [7, 11) is -3.65. The zero-order chi connectivity index (χ0) is 16.8. The van der Waals surface area contributed by atoms with E-state index in [9.17, 15) is 8.42 Å². The van der Waals surface area contributed by atoms with Crippen LogP contribution in [0.1, 0.15) is 30.8 Å². The van der Waals surface area contributed by atoms with Gasteiger partial charge in [0.05, 0.1) is 16.3 Å². The molecule has 6 heteroatoms. The second-order valence-electron chi connectivity index (χ2n) is 6.50. The van der Waals surface area contributed by atoms with Gasteiger partial charge in [0.25, 0.3) is 10.0 Å². The summed E-state index contributed by atoms with van der Waals surface area (Å²) >= 11 is 0. The van der Waals surface area contributed by atoms with Gasteiger partial charge in [-0.05, 0) is 63.6 Å². The fourth-order valence-corrected chi connectivity index (χ4v) is 3.92. The molecule has 0 saturated carbocycles. The first kappa shape index (κ1) is 15.8. The number of hydrogen-bond acceptors (Lipinski definition) is 4. The fraction of sp³-hybridized carbons (Fsp3) is 0.353. The first-order valence-electron chi connectivity index (χ1n) is 7.45. The van der Waals surface area contributed by atoms with E-state index in [0.29, 0.717) is 17.8 Å². The van der Waals surface area contributed by atoms with Crippen molar-refractivity contribution in [3.63, 3.8) is 0 Å². The molecule has 1 aromatic heterocycles. The number of nitrogens with zero attached hydrogens (tertiary/aromatic N) is 1. The van der Waals surface area contributed by atoms with Crippen molar-refractivity contribution in [3.8, 4) is 5.75 Å². The monoisotopic (exact) mass is 332 g/mol. The maximum absolute atomic E-state index is 12.6. The minimum Gasteiger partial charge on any atom is -0.487 e. The molecule has 5 nitrogen and oxygen atoms in total. The van der Waals surface area contributed by atoms with Crippen LogP contribution in [-0.4, -0.2) is 19.0 Å². The van der Waals surface area contributed by atoms with Crippen LogP contribution in [0, 0.1) is 13.8 Å². The molecule has 1 N–H and O–H groups in total. The maximum atomic E-state index is 12.6. The molecule has 2 heterocycles. The molecule has 0 unspecified atom stereocenters. The molecule has 1 aliphatic rings. The van der Waals surface area contributed by atoms with E-state index in [1.807, 2.05) is 20.8 Å². The van der Waals surface area contributed by atoms with Crippen LogP contribution in [0.4, 0.5) is 5.69 Å². The lowest BCUT2D eigenvalue weighted by Crippen LogP contribution is -2.24. The van der Waals surface area contributed by atoms with Crippen molar-refractivity contribution in [1.82, 2.24) is 4.98 Å². The average Bonchev–Trinajstić information content (AvgIpc) is 2.74. The number of ether oxygens (including phenoxy) is 1. The van der Waals surface area contributed by atoms with Crippen molar-refractivity contribution in [2.45, 2.75) is 44.6 Å². The van der Waals surface area contributed by atoms with E-state index in [4.69, 9.17) is 4.74 Å². The Bertz CT molecular complexity index is 873. The Balaban J connectivity index is 1.92. The highest BCUT2D eigenvalue weighted by atomic mass is 32.2. The van der Waals surface area contributed by atoms with Crippen molar-refractivity contribution >= 4 is 15.7 Å². The molecule has 1 aliphatic heterocycles. The Labute approximate surface area is 136 Å². The van der Waals surface area contributed by atoms with Gasteiger partial charge in [-0.3, -0.25) is 9.71 Å². The summed E-state index contributed by atoms with van der Waals surface area (Å²) in [6.07, 6.45) is 0.691. The van der Waals surface area contributed by atoms with E-state index in [-0.39, 0.29) is 10.5 Å². The number of anilines is 1. The molecular formula is C17H20N2O3S. The average molecular weight is 332 g/mol. The molecule has 1 aromatic carbocycles. The van der Waals surface area contributed by atoms with Crippen LogP contribution < -0.4 is 9.46 Å². The molecule has 23 heavy (non-hydrogen) atoms. The predicted octanol–water partition coefficient (Wildman–Crippen LogP) is 3.21. The van der Waals surface area contributed by atoms with Crippen LogP contribution in [0.2, 0.25) is 0 Å². The lowest BCUT2D eigenvalue weighted by Gasteiger charge is -2.16. The molecule has 0 radical (unpaired) electrons. The van der Waals surface area contributed by atoms with E-state index >= 15 is 0 Å². The molecule has 0 fully saturated rings. The molecule has 122 valence electrons. The van der Waals surface area contributed by atoms with E-state index in [1.165, 1.54) is 0 Å². The number of hydrogen-bond donors (Lipinski definition) is 1. The molecule has 2 aromatic rings. The van der Waals surface area contributed by atoms with Gasteiger partial charge in [0.15, 0.2) is 0 Å². The maximum Gasteiger partial charge on any atom is 0.261 e. The zero-order valence-electron chi connectivity index (χ0n) is 13.7. The van der Waals surface area contributed by atoms with Crippen molar-refractivity contribution < 1.29 is 13.2 Å². The SMILES string of the molecule is Cc1ccc(NS(=O)(=O)c2ccc3c(c2)CC(C)(C)O3)c(C)n1. The zero-order valence-corrected chi connectivity index (χ0v) is 14.5. The number of benzene rings is 1. The van der Waals surface area contributed by atoms with Crippen LogP contribution in [-0.2, 0) is 16.4 Å². The summed E-state index contributed by atoms with van der Waals surface area (Å²) < 4.78 is 33.6. The molecule has 0 atom stereocenters. The first-order chi connectivity index (χ1) is 10.7. The fourth-order valence-electron chi connectivity index (χ4n) is 2.75. The molecule has 0 bridgehead atoms. The quantitative estimate of drug-likeness (QED) is 0.937.